The van der Waals surface area contributed by atoms with Gasteiger partial charge in [-0.2, -0.15) is 4.98 Å². The van der Waals surface area contributed by atoms with Crippen LogP contribution in [0.3, 0.4) is 0 Å². The molecule has 2 saturated carbocycles. The molecular formula is C26H31N5O. The van der Waals surface area contributed by atoms with Crippen LogP contribution in [-0.2, 0) is 5.41 Å². The van der Waals surface area contributed by atoms with Crippen LogP contribution in [0.4, 0.5) is 0 Å². The van der Waals surface area contributed by atoms with Crippen LogP contribution in [0.1, 0.15) is 62.3 Å². The molecule has 2 aliphatic carbocycles. The van der Waals surface area contributed by atoms with E-state index in [-0.39, 0.29) is 5.41 Å². The highest BCUT2D eigenvalue weighted by Gasteiger charge is 2.54. The van der Waals surface area contributed by atoms with Crippen molar-refractivity contribution < 1.29 is 4.52 Å². The molecule has 3 aliphatic rings. The predicted octanol–water partition coefficient (Wildman–Crippen LogP) is 4.85. The Hall–Kier alpha value is -2.60. The van der Waals surface area contributed by atoms with Crippen LogP contribution >= 0.6 is 0 Å². The third-order valence-electron chi connectivity index (χ3n) is 8.22. The lowest BCUT2D eigenvalue weighted by atomic mass is 9.78. The standard InChI is InChI=1S/C26H31N5O/c1-2-5-20(6-3-1)21-10-8-19(9-11-21)16-31-17-22-7-4-12-26(22,18-31)25-29-24(30-32-25)23-15-27-13-14-28-23/h1-3,5-6,13-15,19,21-22H,4,7-12,16-18H2/t19?,21?,22-,26-/m1/s1. The summed E-state index contributed by atoms with van der Waals surface area (Å²) in [6.07, 6.45) is 14.0. The summed E-state index contributed by atoms with van der Waals surface area (Å²) in [6, 6.07) is 11.1. The number of hydrogen-bond acceptors (Lipinski definition) is 6. The molecule has 3 aromatic rings. The molecule has 0 spiro atoms. The fourth-order valence-corrected chi connectivity index (χ4v) is 6.60. The van der Waals surface area contributed by atoms with E-state index < -0.39 is 0 Å². The zero-order valence-electron chi connectivity index (χ0n) is 18.6. The Morgan fingerprint density at radius 2 is 1.91 bits per heavy atom. The first-order valence-corrected chi connectivity index (χ1v) is 12.2. The highest BCUT2D eigenvalue weighted by atomic mass is 16.5. The zero-order valence-corrected chi connectivity index (χ0v) is 18.6. The van der Waals surface area contributed by atoms with Crippen molar-refractivity contribution in [3.8, 4) is 11.5 Å². The van der Waals surface area contributed by atoms with E-state index >= 15 is 0 Å². The molecule has 0 unspecified atom stereocenters. The van der Waals surface area contributed by atoms with Crippen molar-refractivity contribution in [1.29, 1.82) is 0 Å². The van der Waals surface area contributed by atoms with E-state index in [4.69, 9.17) is 9.51 Å². The molecule has 0 bridgehead atoms. The minimum absolute atomic E-state index is 0.0225. The lowest BCUT2D eigenvalue weighted by Crippen LogP contribution is -2.34. The number of likely N-dealkylation sites (tertiary alicyclic amines) is 1. The zero-order chi connectivity index (χ0) is 21.4. The van der Waals surface area contributed by atoms with Crippen molar-refractivity contribution in [2.24, 2.45) is 11.8 Å². The SMILES string of the molecule is c1ccc(C2CCC(CN3C[C@H]4CCC[C@@]4(c4nc(-c5cnccn5)no4)C3)CC2)cc1. The Kier molecular flexibility index (Phi) is 5.26. The topological polar surface area (TPSA) is 67.9 Å². The summed E-state index contributed by atoms with van der Waals surface area (Å²) in [5.41, 5.74) is 2.23. The third kappa shape index (κ3) is 3.64. The highest BCUT2D eigenvalue weighted by molar-refractivity contribution is 5.46. The first-order chi connectivity index (χ1) is 15.8. The molecule has 0 amide bonds. The molecule has 32 heavy (non-hydrogen) atoms. The van der Waals surface area contributed by atoms with Gasteiger partial charge in [0.15, 0.2) is 0 Å². The Bertz CT molecular complexity index is 1030. The van der Waals surface area contributed by atoms with Gasteiger partial charge in [-0.1, -0.05) is 41.9 Å². The second-order valence-electron chi connectivity index (χ2n) is 10.1. The summed E-state index contributed by atoms with van der Waals surface area (Å²) in [5, 5.41) is 4.26. The van der Waals surface area contributed by atoms with Gasteiger partial charge in [0, 0.05) is 32.0 Å². The van der Waals surface area contributed by atoms with Crippen molar-refractivity contribution in [3.63, 3.8) is 0 Å². The van der Waals surface area contributed by atoms with E-state index in [2.05, 4.69) is 50.4 Å². The molecule has 6 nitrogen and oxygen atoms in total. The van der Waals surface area contributed by atoms with Gasteiger partial charge in [0.2, 0.25) is 11.7 Å². The van der Waals surface area contributed by atoms with Gasteiger partial charge in [0.05, 0.1) is 11.6 Å². The Balaban J connectivity index is 1.12. The van der Waals surface area contributed by atoms with Crippen LogP contribution in [0.25, 0.3) is 11.5 Å². The van der Waals surface area contributed by atoms with Crippen LogP contribution in [0, 0.1) is 11.8 Å². The van der Waals surface area contributed by atoms with Crippen molar-refractivity contribution in [2.45, 2.75) is 56.3 Å². The van der Waals surface area contributed by atoms with Gasteiger partial charge in [-0.3, -0.25) is 4.98 Å². The van der Waals surface area contributed by atoms with Crippen molar-refractivity contribution in [3.05, 3.63) is 60.4 Å². The van der Waals surface area contributed by atoms with Crippen LogP contribution in [-0.4, -0.2) is 44.6 Å². The first kappa shape index (κ1) is 20.0. The first-order valence-electron chi connectivity index (χ1n) is 12.2. The smallest absolute Gasteiger partial charge is 0.234 e. The molecule has 3 heterocycles. The molecule has 0 N–H and O–H groups in total. The van der Waals surface area contributed by atoms with Gasteiger partial charge in [-0.25, -0.2) is 4.98 Å². The van der Waals surface area contributed by atoms with Crippen LogP contribution < -0.4 is 0 Å². The Labute approximate surface area is 189 Å². The maximum Gasteiger partial charge on any atom is 0.234 e. The maximum atomic E-state index is 5.85. The summed E-state index contributed by atoms with van der Waals surface area (Å²) in [5.74, 6) is 3.55. The normalized spacial score (nSPS) is 30.4. The van der Waals surface area contributed by atoms with Gasteiger partial charge in [-0.05, 0) is 61.8 Å². The highest BCUT2D eigenvalue weighted by Crippen LogP contribution is 2.50. The average Bonchev–Trinajstić information content (AvgIpc) is 3.56. The van der Waals surface area contributed by atoms with Crippen LogP contribution in [0.15, 0.2) is 53.4 Å². The number of nitrogens with zero attached hydrogens (tertiary/aromatic N) is 5. The largest absolute Gasteiger partial charge is 0.338 e. The molecule has 3 fully saturated rings. The summed E-state index contributed by atoms with van der Waals surface area (Å²) >= 11 is 0. The average molecular weight is 430 g/mol. The van der Waals surface area contributed by atoms with Gasteiger partial charge < -0.3 is 9.42 Å². The van der Waals surface area contributed by atoms with Gasteiger partial charge >= 0.3 is 0 Å². The van der Waals surface area contributed by atoms with E-state index in [0.717, 1.165) is 30.7 Å². The summed E-state index contributed by atoms with van der Waals surface area (Å²) in [4.78, 5) is 16.0. The fourth-order valence-electron chi connectivity index (χ4n) is 6.60. The van der Waals surface area contributed by atoms with Gasteiger partial charge in [0.1, 0.15) is 5.69 Å². The number of benzene rings is 1. The summed E-state index contributed by atoms with van der Waals surface area (Å²) in [7, 11) is 0. The third-order valence-corrected chi connectivity index (χ3v) is 8.22. The lowest BCUT2D eigenvalue weighted by Gasteiger charge is -2.32. The number of fused-ring (bicyclic) bond motifs is 1. The number of rotatable bonds is 5. The molecule has 2 aromatic heterocycles. The molecule has 2 atom stereocenters. The summed E-state index contributed by atoms with van der Waals surface area (Å²) in [6.45, 7) is 3.44. The Morgan fingerprint density at radius 1 is 1.03 bits per heavy atom. The van der Waals surface area contributed by atoms with Crippen LogP contribution in [0.5, 0.6) is 0 Å². The monoisotopic (exact) mass is 429 g/mol. The second-order valence-corrected chi connectivity index (χ2v) is 10.1. The van der Waals surface area contributed by atoms with Crippen molar-refractivity contribution in [1.82, 2.24) is 25.0 Å². The molecule has 1 aliphatic heterocycles. The molecule has 6 heteroatoms. The molecule has 1 saturated heterocycles. The predicted molar refractivity (Wildman–Crippen MR) is 122 cm³/mol. The van der Waals surface area contributed by atoms with Crippen molar-refractivity contribution in [2.75, 3.05) is 19.6 Å². The van der Waals surface area contributed by atoms with Crippen LogP contribution in [0.2, 0.25) is 0 Å². The molecule has 1 aromatic carbocycles. The number of aromatic nitrogens is 4. The Morgan fingerprint density at radius 3 is 2.72 bits per heavy atom. The molecular weight excluding hydrogens is 398 g/mol. The van der Waals surface area contributed by atoms with E-state index in [0.29, 0.717) is 17.4 Å². The second kappa shape index (κ2) is 8.39. The maximum absolute atomic E-state index is 5.85. The van der Waals surface area contributed by atoms with Gasteiger partial charge in [0.25, 0.3) is 0 Å². The minimum atomic E-state index is 0.0225. The lowest BCUT2D eigenvalue weighted by molar-refractivity contribution is 0.202. The minimum Gasteiger partial charge on any atom is -0.338 e. The van der Waals surface area contributed by atoms with Gasteiger partial charge in [-0.15, -0.1) is 0 Å². The number of hydrogen-bond donors (Lipinski definition) is 0. The quantitative estimate of drug-likeness (QED) is 0.577. The fraction of sp³-hybridized carbons (Fsp3) is 0.538. The van der Waals surface area contributed by atoms with Crippen molar-refractivity contribution >= 4 is 0 Å². The van der Waals surface area contributed by atoms with E-state index in [1.54, 1.807) is 18.6 Å². The molecule has 0 radical (unpaired) electrons. The molecule has 6 rings (SSSR count). The summed E-state index contributed by atoms with van der Waals surface area (Å²) < 4.78 is 5.85. The van der Waals surface area contributed by atoms with E-state index in [1.807, 2.05) is 0 Å². The van der Waals surface area contributed by atoms with E-state index in [9.17, 15) is 0 Å². The van der Waals surface area contributed by atoms with E-state index in [1.165, 1.54) is 57.2 Å². The molecule has 166 valence electrons.